The molecule has 0 radical (unpaired) electrons. The summed E-state index contributed by atoms with van der Waals surface area (Å²) in [6, 6.07) is 17.0. The van der Waals surface area contributed by atoms with Crippen LogP contribution in [0.15, 0.2) is 66.9 Å². The summed E-state index contributed by atoms with van der Waals surface area (Å²) >= 11 is 6.03. The van der Waals surface area contributed by atoms with Crippen LogP contribution < -0.4 is 10.6 Å². The number of pyridine rings is 2. The maximum Gasteiger partial charge on any atom is 0.274 e. The van der Waals surface area contributed by atoms with Gasteiger partial charge >= 0.3 is 0 Å². The van der Waals surface area contributed by atoms with E-state index in [2.05, 4.69) is 20.6 Å². The topological polar surface area (TPSA) is 84.0 Å². The van der Waals surface area contributed by atoms with Crippen LogP contribution in [0, 0.1) is 0 Å². The summed E-state index contributed by atoms with van der Waals surface area (Å²) < 4.78 is 0. The molecule has 0 aliphatic heterocycles. The standard InChI is InChI=1S/C19H15ClN4O2/c20-14-7-1-2-8-15(14)24-19(26)17-10-5-9-16(23-17)18(25)22-12-13-6-3-4-11-21-13/h1-11H,12H2,(H,22,25)(H,24,26). The molecule has 2 aromatic heterocycles. The fourth-order valence-corrected chi connectivity index (χ4v) is 2.38. The Morgan fingerprint density at radius 2 is 1.62 bits per heavy atom. The van der Waals surface area contributed by atoms with Crippen LogP contribution in [0.5, 0.6) is 0 Å². The maximum absolute atomic E-state index is 12.3. The number of anilines is 1. The number of amides is 2. The molecule has 2 N–H and O–H groups in total. The van der Waals surface area contributed by atoms with E-state index in [0.717, 1.165) is 5.69 Å². The minimum absolute atomic E-state index is 0.121. The Kier molecular flexibility index (Phi) is 5.56. The summed E-state index contributed by atoms with van der Waals surface area (Å²) in [6.07, 6.45) is 1.65. The zero-order valence-corrected chi connectivity index (χ0v) is 14.4. The van der Waals surface area contributed by atoms with Crippen molar-refractivity contribution < 1.29 is 9.59 Å². The Balaban J connectivity index is 1.68. The number of nitrogens with one attached hydrogen (secondary N) is 2. The molecule has 0 aliphatic carbocycles. The van der Waals surface area contributed by atoms with Gasteiger partial charge in [0, 0.05) is 6.20 Å². The summed E-state index contributed by atoms with van der Waals surface area (Å²) in [7, 11) is 0. The second-order valence-corrected chi connectivity index (χ2v) is 5.75. The van der Waals surface area contributed by atoms with Crippen LogP contribution in [0.4, 0.5) is 5.69 Å². The van der Waals surface area contributed by atoms with Crippen molar-refractivity contribution in [3.8, 4) is 0 Å². The molecule has 2 heterocycles. The quantitative estimate of drug-likeness (QED) is 0.725. The molecular weight excluding hydrogens is 352 g/mol. The third-order valence-electron chi connectivity index (χ3n) is 3.49. The van der Waals surface area contributed by atoms with Crippen molar-refractivity contribution in [3.63, 3.8) is 0 Å². The maximum atomic E-state index is 12.3. The number of aromatic nitrogens is 2. The number of para-hydroxylation sites is 1. The van der Waals surface area contributed by atoms with Crippen molar-refractivity contribution in [2.45, 2.75) is 6.54 Å². The Morgan fingerprint density at radius 1 is 0.885 bits per heavy atom. The second kappa shape index (κ2) is 8.22. The molecule has 6 nitrogen and oxygen atoms in total. The number of hydrogen-bond donors (Lipinski definition) is 2. The molecule has 130 valence electrons. The number of carbonyl (C=O) groups excluding carboxylic acids is 2. The first kappa shape index (κ1) is 17.6. The van der Waals surface area contributed by atoms with E-state index in [-0.39, 0.29) is 23.8 Å². The number of rotatable bonds is 5. The SMILES string of the molecule is O=C(NCc1ccccn1)c1cccc(C(=O)Nc2ccccc2Cl)n1. The molecule has 0 saturated heterocycles. The van der Waals surface area contributed by atoms with Gasteiger partial charge < -0.3 is 10.6 Å². The van der Waals surface area contributed by atoms with E-state index < -0.39 is 5.91 Å². The molecule has 3 rings (SSSR count). The highest BCUT2D eigenvalue weighted by Crippen LogP contribution is 2.20. The molecule has 0 aliphatic rings. The lowest BCUT2D eigenvalue weighted by molar-refractivity contribution is 0.0945. The van der Waals surface area contributed by atoms with Crippen molar-refractivity contribution >= 4 is 29.1 Å². The predicted molar refractivity (Wildman–Crippen MR) is 99.0 cm³/mol. The minimum Gasteiger partial charge on any atom is -0.345 e. The van der Waals surface area contributed by atoms with Crippen molar-refractivity contribution in [2.24, 2.45) is 0 Å². The first-order chi connectivity index (χ1) is 12.6. The highest BCUT2D eigenvalue weighted by Gasteiger charge is 2.13. The molecule has 0 atom stereocenters. The number of benzene rings is 1. The Morgan fingerprint density at radius 3 is 2.35 bits per heavy atom. The third-order valence-corrected chi connectivity index (χ3v) is 3.82. The van der Waals surface area contributed by atoms with Crippen LogP contribution >= 0.6 is 11.6 Å². The molecule has 0 unspecified atom stereocenters. The smallest absolute Gasteiger partial charge is 0.274 e. The average Bonchev–Trinajstić information content (AvgIpc) is 2.69. The van der Waals surface area contributed by atoms with Gasteiger partial charge in [-0.25, -0.2) is 4.98 Å². The predicted octanol–water partition coefficient (Wildman–Crippen LogP) is 3.31. The first-order valence-corrected chi connectivity index (χ1v) is 8.22. The van der Waals surface area contributed by atoms with Crippen molar-refractivity contribution in [3.05, 3.63) is 89.0 Å². The van der Waals surface area contributed by atoms with E-state index >= 15 is 0 Å². The summed E-state index contributed by atoms with van der Waals surface area (Å²) in [4.78, 5) is 32.9. The van der Waals surface area contributed by atoms with E-state index in [1.54, 1.807) is 54.7 Å². The largest absolute Gasteiger partial charge is 0.345 e. The highest BCUT2D eigenvalue weighted by atomic mass is 35.5. The number of carbonyl (C=O) groups is 2. The highest BCUT2D eigenvalue weighted by molar-refractivity contribution is 6.33. The van der Waals surface area contributed by atoms with Gasteiger partial charge in [-0.1, -0.05) is 35.9 Å². The number of hydrogen-bond acceptors (Lipinski definition) is 4. The fourth-order valence-electron chi connectivity index (χ4n) is 2.20. The third kappa shape index (κ3) is 4.43. The van der Waals surface area contributed by atoms with Crippen LogP contribution in [0.1, 0.15) is 26.7 Å². The lowest BCUT2D eigenvalue weighted by Gasteiger charge is -2.08. The molecule has 2 amide bonds. The molecule has 26 heavy (non-hydrogen) atoms. The fraction of sp³-hybridized carbons (Fsp3) is 0.0526. The van der Waals surface area contributed by atoms with Gasteiger partial charge in [-0.05, 0) is 36.4 Å². The van der Waals surface area contributed by atoms with E-state index in [1.807, 2.05) is 6.07 Å². The van der Waals surface area contributed by atoms with Gasteiger partial charge in [-0.3, -0.25) is 14.6 Å². The van der Waals surface area contributed by atoms with E-state index in [0.29, 0.717) is 10.7 Å². The Labute approximate surface area is 155 Å². The van der Waals surface area contributed by atoms with Crippen molar-refractivity contribution in [2.75, 3.05) is 5.32 Å². The van der Waals surface area contributed by atoms with Gasteiger partial charge in [-0.2, -0.15) is 0 Å². The zero-order valence-electron chi connectivity index (χ0n) is 13.6. The van der Waals surface area contributed by atoms with Crippen LogP contribution in [-0.2, 0) is 6.54 Å². The molecule has 3 aromatic rings. The number of halogens is 1. The van der Waals surface area contributed by atoms with Crippen LogP contribution in [0.3, 0.4) is 0 Å². The molecule has 0 saturated carbocycles. The van der Waals surface area contributed by atoms with Gasteiger partial charge in [0.05, 0.1) is 22.9 Å². The molecule has 7 heteroatoms. The summed E-state index contributed by atoms with van der Waals surface area (Å²) in [5.41, 5.74) is 1.47. The number of nitrogens with zero attached hydrogens (tertiary/aromatic N) is 2. The lowest BCUT2D eigenvalue weighted by Crippen LogP contribution is -2.25. The van der Waals surface area contributed by atoms with Crippen molar-refractivity contribution in [1.29, 1.82) is 0 Å². The van der Waals surface area contributed by atoms with Gasteiger partial charge in [-0.15, -0.1) is 0 Å². The summed E-state index contributed by atoms with van der Waals surface area (Å²) in [5, 5.41) is 5.82. The van der Waals surface area contributed by atoms with Crippen LogP contribution in [-0.4, -0.2) is 21.8 Å². The first-order valence-electron chi connectivity index (χ1n) is 7.84. The zero-order chi connectivity index (χ0) is 18.4. The van der Waals surface area contributed by atoms with Gasteiger partial charge in [0.15, 0.2) is 0 Å². The molecule has 0 spiro atoms. The molecular formula is C19H15ClN4O2. The normalized spacial score (nSPS) is 10.2. The van der Waals surface area contributed by atoms with Crippen molar-refractivity contribution in [1.82, 2.24) is 15.3 Å². The van der Waals surface area contributed by atoms with Gasteiger partial charge in [0.1, 0.15) is 11.4 Å². The van der Waals surface area contributed by atoms with Crippen LogP contribution in [0.25, 0.3) is 0 Å². The Bertz CT molecular complexity index is 932. The molecule has 0 fully saturated rings. The van der Waals surface area contributed by atoms with Gasteiger partial charge in [0.2, 0.25) is 0 Å². The summed E-state index contributed by atoms with van der Waals surface area (Å²) in [6.45, 7) is 0.275. The van der Waals surface area contributed by atoms with Gasteiger partial charge in [0.25, 0.3) is 11.8 Å². The van der Waals surface area contributed by atoms with E-state index in [9.17, 15) is 9.59 Å². The average molecular weight is 367 g/mol. The minimum atomic E-state index is -0.447. The molecule has 1 aromatic carbocycles. The Hall–Kier alpha value is -3.25. The summed E-state index contributed by atoms with van der Waals surface area (Å²) in [5.74, 6) is -0.833. The molecule has 0 bridgehead atoms. The monoisotopic (exact) mass is 366 g/mol. The van der Waals surface area contributed by atoms with E-state index in [4.69, 9.17) is 11.6 Å². The van der Waals surface area contributed by atoms with E-state index in [1.165, 1.54) is 6.07 Å². The second-order valence-electron chi connectivity index (χ2n) is 5.35. The van der Waals surface area contributed by atoms with Crippen LogP contribution in [0.2, 0.25) is 5.02 Å². The lowest BCUT2D eigenvalue weighted by atomic mass is 10.2.